The van der Waals surface area contributed by atoms with E-state index in [1.165, 1.54) is 12.1 Å². The molecule has 0 aliphatic heterocycles. The zero-order valence-corrected chi connectivity index (χ0v) is 7.00. The Morgan fingerprint density at radius 3 is 2.08 bits per heavy atom. The van der Waals surface area contributed by atoms with Crippen molar-refractivity contribution in [1.29, 1.82) is 0 Å². The molecule has 0 heterocycles. The van der Waals surface area contributed by atoms with Crippen LogP contribution in [0.4, 0.5) is 4.39 Å². The lowest BCUT2D eigenvalue weighted by Crippen LogP contribution is -2.30. The maximum absolute atomic E-state index is 12.5. The Kier molecular flexibility index (Phi) is 2.78. The molecule has 3 heteroatoms. The van der Waals surface area contributed by atoms with E-state index in [2.05, 4.69) is 0 Å². The standard InChI is InChI=1S/C9H13FN2/c1-6(11)9(12)7-2-4-8(10)5-3-7/h2-6,9H,11-12H2,1H3/t6-,9-/m1/s1. The second-order valence-electron chi connectivity index (χ2n) is 2.94. The molecule has 12 heavy (non-hydrogen) atoms. The first-order chi connectivity index (χ1) is 5.61. The van der Waals surface area contributed by atoms with Crippen LogP contribution in [0, 0.1) is 5.82 Å². The maximum atomic E-state index is 12.5. The van der Waals surface area contributed by atoms with Gasteiger partial charge in [-0.25, -0.2) is 4.39 Å². The van der Waals surface area contributed by atoms with Gasteiger partial charge in [-0.1, -0.05) is 12.1 Å². The van der Waals surface area contributed by atoms with E-state index in [-0.39, 0.29) is 17.9 Å². The third kappa shape index (κ3) is 2.03. The van der Waals surface area contributed by atoms with Gasteiger partial charge in [-0.15, -0.1) is 0 Å². The predicted molar refractivity (Wildman–Crippen MR) is 47.0 cm³/mol. The van der Waals surface area contributed by atoms with Crippen LogP contribution >= 0.6 is 0 Å². The Labute approximate surface area is 71.4 Å². The highest BCUT2D eigenvalue weighted by molar-refractivity contribution is 5.20. The van der Waals surface area contributed by atoms with Crippen molar-refractivity contribution in [3.8, 4) is 0 Å². The molecule has 1 aromatic carbocycles. The predicted octanol–water partition coefficient (Wildman–Crippen LogP) is 1.17. The van der Waals surface area contributed by atoms with Crippen molar-refractivity contribution >= 4 is 0 Å². The Balaban J connectivity index is 2.82. The molecule has 1 aromatic rings. The van der Waals surface area contributed by atoms with E-state index < -0.39 is 0 Å². The van der Waals surface area contributed by atoms with Crippen LogP contribution in [-0.4, -0.2) is 6.04 Å². The normalized spacial score (nSPS) is 15.7. The van der Waals surface area contributed by atoms with Gasteiger partial charge in [0.2, 0.25) is 0 Å². The summed E-state index contributed by atoms with van der Waals surface area (Å²) in [5.41, 5.74) is 12.2. The molecule has 2 nitrogen and oxygen atoms in total. The van der Waals surface area contributed by atoms with Crippen molar-refractivity contribution in [2.24, 2.45) is 11.5 Å². The van der Waals surface area contributed by atoms with Gasteiger partial charge in [-0.3, -0.25) is 0 Å². The number of hydrogen-bond donors (Lipinski definition) is 2. The van der Waals surface area contributed by atoms with Gasteiger partial charge in [0.05, 0.1) is 0 Å². The summed E-state index contributed by atoms with van der Waals surface area (Å²) in [6, 6.07) is 5.75. The minimum Gasteiger partial charge on any atom is -0.326 e. The fourth-order valence-corrected chi connectivity index (χ4v) is 0.989. The van der Waals surface area contributed by atoms with Gasteiger partial charge in [0, 0.05) is 12.1 Å². The summed E-state index contributed by atoms with van der Waals surface area (Å²) in [5.74, 6) is -0.254. The molecule has 0 unspecified atom stereocenters. The summed E-state index contributed by atoms with van der Waals surface area (Å²) >= 11 is 0. The lowest BCUT2D eigenvalue weighted by atomic mass is 10.0. The van der Waals surface area contributed by atoms with Gasteiger partial charge in [0.25, 0.3) is 0 Å². The van der Waals surface area contributed by atoms with Crippen LogP contribution in [0.1, 0.15) is 18.5 Å². The smallest absolute Gasteiger partial charge is 0.123 e. The van der Waals surface area contributed by atoms with Crippen molar-refractivity contribution in [1.82, 2.24) is 0 Å². The van der Waals surface area contributed by atoms with E-state index in [0.717, 1.165) is 5.56 Å². The second kappa shape index (κ2) is 3.65. The summed E-state index contributed by atoms with van der Waals surface area (Å²) in [7, 11) is 0. The number of halogens is 1. The molecule has 66 valence electrons. The highest BCUT2D eigenvalue weighted by Gasteiger charge is 2.09. The molecular formula is C9H13FN2. The molecule has 0 radical (unpaired) electrons. The average molecular weight is 168 g/mol. The molecule has 0 aliphatic carbocycles. The highest BCUT2D eigenvalue weighted by atomic mass is 19.1. The van der Waals surface area contributed by atoms with E-state index in [4.69, 9.17) is 11.5 Å². The lowest BCUT2D eigenvalue weighted by Gasteiger charge is -2.15. The Bertz CT molecular complexity index is 243. The number of rotatable bonds is 2. The molecule has 0 saturated heterocycles. The van der Waals surface area contributed by atoms with Crippen LogP contribution in [0.3, 0.4) is 0 Å². The average Bonchev–Trinajstić information content (AvgIpc) is 2.04. The van der Waals surface area contributed by atoms with Gasteiger partial charge in [-0.05, 0) is 24.6 Å². The molecule has 0 fully saturated rings. The van der Waals surface area contributed by atoms with Crippen molar-refractivity contribution in [2.45, 2.75) is 19.0 Å². The molecule has 4 N–H and O–H groups in total. The number of benzene rings is 1. The highest BCUT2D eigenvalue weighted by Crippen LogP contribution is 2.12. The summed E-state index contributed by atoms with van der Waals surface area (Å²) in [6.07, 6.45) is 0. The summed E-state index contributed by atoms with van der Waals surface area (Å²) in [5, 5.41) is 0. The van der Waals surface area contributed by atoms with Crippen molar-refractivity contribution in [2.75, 3.05) is 0 Å². The van der Waals surface area contributed by atoms with Crippen LogP contribution in [-0.2, 0) is 0 Å². The minimum atomic E-state index is -0.254. The number of nitrogens with two attached hydrogens (primary N) is 2. The number of hydrogen-bond acceptors (Lipinski definition) is 2. The van der Waals surface area contributed by atoms with Crippen molar-refractivity contribution < 1.29 is 4.39 Å². The maximum Gasteiger partial charge on any atom is 0.123 e. The van der Waals surface area contributed by atoms with E-state index in [0.29, 0.717) is 0 Å². The van der Waals surface area contributed by atoms with Gasteiger partial charge in [0.15, 0.2) is 0 Å². The molecule has 0 spiro atoms. The third-order valence-electron chi connectivity index (χ3n) is 1.82. The molecule has 0 amide bonds. The Morgan fingerprint density at radius 2 is 1.67 bits per heavy atom. The molecule has 2 atom stereocenters. The fraction of sp³-hybridized carbons (Fsp3) is 0.333. The zero-order chi connectivity index (χ0) is 9.14. The van der Waals surface area contributed by atoms with Crippen molar-refractivity contribution in [3.63, 3.8) is 0 Å². The van der Waals surface area contributed by atoms with Crippen LogP contribution in [0.15, 0.2) is 24.3 Å². The first-order valence-electron chi connectivity index (χ1n) is 3.88. The van der Waals surface area contributed by atoms with E-state index in [9.17, 15) is 4.39 Å². The molecular weight excluding hydrogens is 155 g/mol. The quantitative estimate of drug-likeness (QED) is 0.696. The SMILES string of the molecule is C[C@@H](N)[C@@H](N)c1ccc(F)cc1. The van der Waals surface area contributed by atoms with Crippen LogP contribution in [0.25, 0.3) is 0 Å². The van der Waals surface area contributed by atoms with E-state index >= 15 is 0 Å². The van der Waals surface area contributed by atoms with E-state index in [1.54, 1.807) is 12.1 Å². The fourth-order valence-electron chi connectivity index (χ4n) is 0.989. The van der Waals surface area contributed by atoms with E-state index in [1.807, 2.05) is 6.92 Å². The second-order valence-corrected chi connectivity index (χ2v) is 2.94. The monoisotopic (exact) mass is 168 g/mol. The van der Waals surface area contributed by atoms with Crippen LogP contribution in [0.2, 0.25) is 0 Å². The van der Waals surface area contributed by atoms with Gasteiger partial charge >= 0.3 is 0 Å². The van der Waals surface area contributed by atoms with Gasteiger partial charge in [-0.2, -0.15) is 0 Å². The molecule has 1 rings (SSSR count). The minimum absolute atomic E-state index is 0.115. The zero-order valence-electron chi connectivity index (χ0n) is 7.00. The first-order valence-corrected chi connectivity index (χ1v) is 3.88. The lowest BCUT2D eigenvalue weighted by molar-refractivity contribution is 0.584. The van der Waals surface area contributed by atoms with Crippen molar-refractivity contribution in [3.05, 3.63) is 35.6 Å². The summed E-state index contributed by atoms with van der Waals surface area (Å²) in [4.78, 5) is 0. The Hall–Kier alpha value is -0.930. The van der Waals surface area contributed by atoms with Gasteiger partial charge < -0.3 is 11.5 Å². The topological polar surface area (TPSA) is 52.0 Å². The third-order valence-corrected chi connectivity index (χ3v) is 1.82. The van der Waals surface area contributed by atoms with Crippen LogP contribution in [0.5, 0.6) is 0 Å². The van der Waals surface area contributed by atoms with Gasteiger partial charge in [0.1, 0.15) is 5.82 Å². The first kappa shape index (κ1) is 9.16. The Morgan fingerprint density at radius 1 is 1.17 bits per heavy atom. The molecule has 0 aromatic heterocycles. The molecule has 0 saturated carbocycles. The van der Waals surface area contributed by atoms with Crippen LogP contribution < -0.4 is 11.5 Å². The molecule has 0 aliphatic rings. The summed E-state index contributed by atoms with van der Waals surface area (Å²) in [6.45, 7) is 1.83. The largest absolute Gasteiger partial charge is 0.326 e. The summed E-state index contributed by atoms with van der Waals surface area (Å²) < 4.78 is 12.5. The molecule has 0 bridgehead atoms.